The maximum absolute atomic E-state index is 11.8. The van der Waals surface area contributed by atoms with E-state index in [1.54, 1.807) is 42.8 Å². The molecule has 8 heteroatoms. The van der Waals surface area contributed by atoms with Crippen molar-refractivity contribution in [2.75, 3.05) is 25.6 Å². The fourth-order valence-electron chi connectivity index (χ4n) is 2.07. The number of nitriles is 1. The summed E-state index contributed by atoms with van der Waals surface area (Å²) < 4.78 is 15.6. The largest absolute Gasteiger partial charge is 0.493 e. The van der Waals surface area contributed by atoms with Crippen molar-refractivity contribution in [3.8, 4) is 17.6 Å². The van der Waals surface area contributed by atoms with E-state index in [4.69, 9.17) is 19.5 Å². The number of ether oxygens (including phenoxy) is 3. The van der Waals surface area contributed by atoms with Crippen LogP contribution in [0, 0.1) is 11.3 Å². The summed E-state index contributed by atoms with van der Waals surface area (Å²) in [5, 5.41) is 13.5. The van der Waals surface area contributed by atoms with Crippen LogP contribution in [0.3, 0.4) is 0 Å². The van der Waals surface area contributed by atoms with Gasteiger partial charge in [0.15, 0.2) is 18.1 Å². The molecule has 0 atom stereocenters. The van der Waals surface area contributed by atoms with Gasteiger partial charge in [0.05, 0.1) is 19.3 Å². The van der Waals surface area contributed by atoms with Crippen molar-refractivity contribution in [1.82, 2.24) is 0 Å². The third-order valence-electron chi connectivity index (χ3n) is 3.28. The molecule has 7 nitrogen and oxygen atoms in total. The minimum Gasteiger partial charge on any atom is -0.493 e. The molecule has 2 aromatic rings. The van der Waals surface area contributed by atoms with Crippen LogP contribution < -0.4 is 14.8 Å². The lowest BCUT2D eigenvalue weighted by Gasteiger charge is -2.09. The third kappa shape index (κ3) is 5.87. The minimum atomic E-state index is -0.661. The third-order valence-corrected chi connectivity index (χ3v) is 4.11. The molecule has 0 bridgehead atoms. The predicted octanol–water partition coefficient (Wildman–Crippen LogP) is 3.22. The van der Waals surface area contributed by atoms with Crippen LogP contribution in [-0.2, 0) is 14.3 Å². The summed E-state index contributed by atoms with van der Waals surface area (Å²) in [6, 6.07) is 8.79. The molecule has 1 N–H and O–H groups in total. The molecule has 0 spiro atoms. The number of nitrogens with zero attached hydrogens (tertiary/aromatic N) is 1. The summed E-state index contributed by atoms with van der Waals surface area (Å²) >= 11 is 1.22. The van der Waals surface area contributed by atoms with Crippen LogP contribution in [0.5, 0.6) is 11.5 Å². The number of esters is 1. The smallest absolute Gasteiger partial charge is 0.331 e. The lowest BCUT2D eigenvalue weighted by atomic mass is 10.2. The van der Waals surface area contributed by atoms with Crippen LogP contribution in [0.4, 0.5) is 5.00 Å². The van der Waals surface area contributed by atoms with Gasteiger partial charge in [0.2, 0.25) is 0 Å². The summed E-state index contributed by atoms with van der Waals surface area (Å²) in [6.07, 6.45) is 2.77. The van der Waals surface area contributed by atoms with Crippen molar-refractivity contribution in [2.24, 2.45) is 0 Å². The molecule has 27 heavy (non-hydrogen) atoms. The first-order valence-electron chi connectivity index (χ1n) is 8.00. The lowest BCUT2D eigenvalue weighted by Crippen LogP contribution is -2.19. The van der Waals surface area contributed by atoms with Crippen LogP contribution in [0.2, 0.25) is 0 Å². The first kappa shape index (κ1) is 20.0. The Morgan fingerprint density at radius 1 is 1.30 bits per heavy atom. The number of rotatable bonds is 8. The fourth-order valence-corrected chi connectivity index (χ4v) is 2.82. The molecule has 1 amide bonds. The number of amides is 1. The zero-order chi connectivity index (χ0) is 19.6. The van der Waals surface area contributed by atoms with Crippen molar-refractivity contribution >= 4 is 34.3 Å². The second-order valence-electron chi connectivity index (χ2n) is 5.11. The molecular formula is C19H18N2O5S. The summed E-state index contributed by atoms with van der Waals surface area (Å²) in [5.74, 6) is -0.0119. The Balaban J connectivity index is 1.89. The van der Waals surface area contributed by atoms with E-state index in [-0.39, 0.29) is 0 Å². The van der Waals surface area contributed by atoms with Crippen LogP contribution in [0.15, 0.2) is 35.7 Å². The van der Waals surface area contributed by atoms with Gasteiger partial charge in [-0.3, -0.25) is 4.79 Å². The van der Waals surface area contributed by atoms with Gasteiger partial charge in [-0.05, 0) is 42.1 Å². The fraction of sp³-hybridized carbons (Fsp3) is 0.211. The number of thiophene rings is 1. The van der Waals surface area contributed by atoms with E-state index in [0.717, 1.165) is 5.56 Å². The number of hydrogen-bond donors (Lipinski definition) is 1. The van der Waals surface area contributed by atoms with Gasteiger partial charge in [-0.2, -0.15) is 5.26 Å². The van der Waals surface area contributed by atoms with E-state index in [0.29, 0.717) is 28.7 Å². The van der Waals surface area contributed by atoms with Crippen molar-refractivity contribution < 1.29 is 23.8 Å². The Morgan fingerprint density at radius 3 is 2.81 bits per heavy atom. The van der Waals surface area contributed by atoms with Crippen molar-refractivity contribution in [2.45, 2.75) is 6.92 Å². The van der Waals surface area contributed by atoms with Crippen molar-refractivity contribution in [3.63, 3.8) is 0 Å². The molecule has 0 radical (unpaired) electrons. The Labute approximate surface area is 160 Å². The molecule has 0 saturated heterocycles. The molecule has 2 rings (SSSR count). The van der Waals surface area contributed by atoms with Gasteiger partial charge >= 0.3 is 5.97 Å². The number of hydrogen-bond acceptors (Lipinski definition) is 7. The minimum absolute atomic E-state index is 0.365. The van der Waals surface area contributed by atoms with Gasteiger partial charge in [-0.15, -0.1) is 11.3 Å². The summed E-state index contributed by atoms with van der Waals surface area (Å²) in [6.45, 7) is 1.90. The summed E-state index contributed by atoms with van der Waals surface area (Å²) in [7, 11) is 1.55. The predicted molar refractivity (Wildman–Crippen MR) is 102 cm³/mol. The normalized spacial score (nSPS) is 10.3. The monoisotopic (exact) mass is 386 g/mol. The second-order valence-corrected chi connectivity index (χ2v) is 6.02. The second kappa shape index (κ2) is 9.99. The highest BCUT2D eigenvalue weighted by Gasteiger charge is 2.10. The quantitative estimate of drug-likeness (QED) is 0.553. The number of methoxy groups -OCH3 is 1. The Morgan fingerprint density at radius 2 is 2.11 bits per heavy atom. The van der Waals surface area contributed by atoms with Gasteiger partial charge in [0.25, 0.3) is 5.91 Å². The van der Waals surface area contributed by atoms with E-state index in [1.807, 2.05) is 13.0 Å². The maximum Gasteiger partial charge on any atom is 0.331 e. The van der Waals surface area contributed by atoms with E-state index in [2.05, 4.69) is 5.32 Å². The van der Waals surface area contributed by atoms with Crippen molar-refractivity contribution in [3.05, 3.63) is 46.8 Å². The average molecular weight is 386 g/mol. The van der Waals surface area contributed by atoms with Crippen LogP contribution in [-0.4, -0.2) is 32.2 Å². The zero-order valence-electron chi connectivity index (χ0n) is 14.9. The molecule has 0 aliphatic heterocycles. The molecule has 0 saturated carbocycles. The van der Waals surface area contributed by atoms with E-state index >= 15 is 0 Å². The molecule has 0 fully saturated rings. The Hall–Kier alpha value is -3.31. The highest BCUT2D eigenvalue weighted by Crippen LogP contribution is 2.28. The van der Waals surface area contributed by atoms with E-state index in [9.17, 15) is 9.59 Å². The van der Waals surface area contributed by atoms with Gasteiger partial charge in [-0.1, -0.05) is 6.07 Å². The molecule has 1 heterocycles. The number of nitrogens with one attached hydrogen (secondary N) is 1. The molecule has 1 aromatic carbocycles. The lowest BCUT2D eigenvalue weighted by molar-refractivity contribution is -0.142. The van der Waals surface area contributed by atoms with E-state index in [1.165, 1.54) is 17.4 Å². The van der Waals surface area contributed by atoms with Crippen molar-refractivity contribution in [1.29, 1.82) is 5.26 Å². The number of benzene rings is 1. The van der Waals surface area contributed by atoms with E-state index < -0.39 is 18.5 Å². The molecule has 0 aliphatic carbocycles. The summed E-state index contributed by atoms with van der Waals surface area (Å²) in [4.78, 5) is 23.6. The highest BCUT2D eigenvalue weighted by molar-refractivity contribution is 7.14. The SMILES string of the molecule is CCOc1cc(/C=C/C(=O)OCC(=O)Nc2sccc2C#N)ccc1OC. The Bertz CT molecular complexity index is 882. The Kier molecular flexibility index (Phi) is 7.40. The molecule has 140 valence electrons. The maximum atomic E-state index is 11.8. The van der Waals surface area contributed by atoms with Gasteiger partial charge < -0.3 is 19.5 Å². The number of carbonyl (C=O) groups is 2. The van der Waals surface area contributed by atoms with Gasteiger partial charge in [-0.25, -0.2) is 4.79 Å². The number of carbonyl (C=O) groups excluding carboxylic acids is 2. The number of anilines is 1. The molecule has 0 aliphatic rings. The summed E-state index contributed by atoms with van der Waals surface area (Å²) in [5.41, 5.74) is 1.09. The molecule has 1 aromatic heterocycles. The first-order chi connectivity index (χ1) is 13.1. The average Bonchev–Trinajstić information content (AvgIpc) is 3.12. The molecule has 0 unspecified atom stereocenters. The zero-order valence-corrected chi connectivity index (χ0v) is 15.7. The van der Waals surface area contributed by atoms with Crippen LogP contribution in [0.1, 0.15) is 18.1 Å². The highest BCUT2D eigenvalue weighted by atomic mass is 32.1. The van der Waals surface area contributed by atoms with Crippen LogP contribution >= 0.6 is 11.3 Å². The standard InChI is InChI=1S/C19H18N2O5S/c1-3-25-16-10-13(4-6-15(16)24-2)5-7-18(23)26-12-17(22)21-19-14(11-20)8-9-27-19/h4-10H,3,12H2,1-2H3,(H,21,22)/b7-5+. The topological polar surface area (TPSA) is 97.6 Å². The first-order valence-corrected chi connectivity index (χ1v) is 8.88. The van der Waals surface area contributed by atoms with Gasteiger partial charge in [0, 0.05) is 6.08 Å². The molecular weight excluding hydrogens is 368 g/mol. The van der Waals surface area contributed by atoms with Crippen LogP contribution in [0.25, 0.3) is 6.08 Å². The van der Waals surface area contributed by atoms with Gasteiger partial charge in [0.1, 0.15) is 11.1 Å².